The van der Waals surface area contributed by atoms with Crippen molar-refractivity contribution in [3.8, 4) is 0 Å². The van der Waals surface area contributed by atoms with Crippen LogP contribution in [0.15, 0.2) is 42.6 Å². The number of nitrogens with one attached hydrogen (secondary N) is 1. The van der Waals surface area contributed by atoms with Crippen LogP contribution in [0.4, 0.5) is 5.82 Å². The van der Waals surface area contributed by atoms with Crippen LogP contribution in [0.1, 0.15) is 46.9 Å². The van der Waals surface area contributed by atoms with Crippen LogP contribution in [0, 0.1) is 19.8 Å². The summed E-state index contributed by atoms with van der Waals surface area (Å²) in [6, 6.07) is 12.1. The lowest BCUT2D eigenvalue weighted by Gasteiger charge is -2.31. The monoisotopic (exact) mass is 388 g/mol. The van der Waals surface area contributed by atoms with Gasteiger partial charge in [-0.05, 0) is 62.4 Å². The van der Waals surface area contributed by atoms with Gasteiger partial charge in [0.25, 0.3) is 5.91 Å². The lowest BCUT2D eigenvalue weighted by molar-refractivity contribution is 0.0950. The average molecular weight is 389 g/mol. The molecular weight excluding hydrogens is 360 g/mol. The molecule has 1 aliphatic rings. The molecule has 0 saturated carbocycles. The Bertz CT molecular complexity index is 1020. The highest BCUT2D eigenvalue weighted by Crippen LogP contribution is 2.21. The van der Waals surface area contributed by atoms with Crippen LogP contribution >= 0.6 is 0 Å². The second-order valence-electron chi connectivity index (χ2n) is 8.19. The number of rotatable bonds is 4. The normalized spacial score (nSPS) is 14.9. The number of hydrogen-bond donors (Lipinski definition) is 1. The smallest absolute Gasteiger partial charge is 0.253 e. The van der Waals surface area contributed by atoms with Gasteiger partial charge in [0.15, 0.2) is 0 Å². The summed E-state index contributed by atoms with van der Waals surface area (Å²) in [6.07, 6.45) is 4.30. The van der Waals surface area contributed by atoms with E-state index in [4.69, 9.17) is 0 Å². The molecular formula is C24H28N4O. The van der Waals surface area contributed by atoms with Gasteiger partial charge in [-0.1, -0.05) is 24.6 Å². The molecule has 1 fully saturated rings. The van der Waals surface area contributed by atoms with Gasteiger partial charge >= 0.3 is 0 Å². The maximum atomic E-state index is 12.7. The number of pyridine rings is 2. The van der Waals surface area contributed by atoms with Gasteiger partial charge in [0.1, 0.15) is 5.82 Å². The van der Waals surface area contributed by atoms with E-state index in [1.54, 1.807) is 0 Å². The van der Waals surface area contributed by atoms with Gasteiger partial charge in [-0.2, -0.15) is 0 Å². The Labute approximate surface area is 172 Å². The second-order valence-corrected chi connectivity index (χ2v) is 8.19. The molecule has 3 heterocycles. The number of nitrogens with zero attached hydrogens (tertiary/aromatic N) is 3. The molecule has 1 amide bonds. The third-order valence-electron chi connectivity index (χ3n) is 5.78. The van der Waals surface area contributed by atoms with Crippen molar-refractivity contribution in [1.82, 2.24) is 15.3 Å². The summed E-state index contributed by atoms with van der Waals surface area (Å²) in [7, 11) is 0. The second kappa shape index (κ2) is 8.19. The molecule has 1 aromatic carbocycles. The van der Waals surface area contributed by atoms with E-state index < -0.39 is 0 Å². The summed E-state index contributed by atoms with van der Waals surface area (Å²) in [4.78, 5) is 24.3. The summed E-state index contributed by atoms with van der Waals surface area (Å²) >= 11 is 0. The van der Waals surface area contributed by atoms with Crippen molar-refractivity contribution in [1.29, 1.82) is 0 Å². The fourth-order valence-electron chi connectivity index (χ4n) is 3.85. The van der Waals surface area contributed by atoms with E-state index >= 15 is 0 Å². The fourth-order valence-corrected chi connectivity index (χ4v) is 3.85. The number of carbonyl (C=O) groups excluding carboxylic acids is 1. The third kappa shape index (κ3) is 4.39. The largest absolute Gasteiger partial charge is 0.357 e. The molecule has 0 atom stereocenters. The first-order valence-electron chi connectivity index (χ1n) is 10.4. The number of aryl methyl sites for hydroxylation is 2. The molecule has 0 spiro atoms. The predicted molar refractivity (Wildman–Crippen MR) is 117 cm³/mol. The minimum atomic E-state index is -0.104. The summed E-state index contributed by atoms with van der Waals surface area (Å²) in [5, 5.41) is 4.00. The number of aromatic nitrogens is 2. The summed E-state index contributed by atoms with van der Waals surface area (Å²) in [5.74, 6) is 1.72. The van der Waals surface area contributed by atoms with E-state index in [1.165, 1.54) is 12.8 Å². The van der Waals surface area contributed by atoms with Crippen LogP contribution in [0.25, 0.3) is 10.9 Å². The zero-order chi connectivity index (χ0) is 20.4. The van der Waals surface area contributed by atoms with Gasteiger partial charge in [-0.3, -0.25) is 9.78 Å². The predicted octanol–water partition coefficient (Wildman–Crippen LogP) is 4.41. The molecule has 1 aliphatic heterocycles. The van der Waals surface area contributed by atoms with Gasteiger partial charge in [0.05, 0.1) is 16.8 Å². The Balaban J connectivity index is 1.42. The van der Waals surface area contributed by atoms with Crippen molar-refractivity contribution < 1.29 is 4.79 Å². The quantitative estimate of drug-likeness (QED) is 0.719. The topological polar surface area (TPSA) is 58.1 Å². The van der Waals surface area contributed by atoms with E-state index in [9.17, 15) is 4.79 Å². The van der Waals surface area contributed by atoms with Crippen LogP contribution in [0.2, 0.25) is 0 Å². The van der Waals surface area contributed by atoms with Crippen molar-refractivity contribution in [3.05, 3.63) is 65.0 Å². The summed E-state index contributed by atoms with van der Waals surface area (Å²) in [5.41, 5.74) is 4.43. The van der Waals surface area contributed by atoms with Crippen LogP contribution in [-0.2, 0) is 6.54 Å². The number of fused-ring (bicyclic) bond motifs is 1. The highest BCUT2D eigenvalue weighted by atomic mass is 16.1. The molecule has 3 aromatic rings. The lowest BCUT2D eigenvalue weighted by atomic mass is 9.99. The van der Waals surface area contributed by atoms with Crippen molar-refractivity contribution in [2.24, 2.45) is 5.92 Å². The zero-order valence-electron chi connectivity index (χ0n) is 17.4. The molecule has 2 aromatic heterocycles. The number of amides is 1. The zero-order valence-corrected chi connectivity index (χ0v) is 17.4. The summed E-state index contributed by atoms with van der Waals surface area (Å²) in [6.45, 7) is 8.82. The van der Waals surface area contributed by atoms with E-state index in [2.05, 4.69) is 45.3 Å². The number of carbonyl (C=O) groups is 1. The number of benzene rings is 1. The number of piperidine rings is 1. The Morgan fingerprint density at radius 2 is 1.93 bits per heavy atom. The molecule has 4 rings (SSSR count). The van der Waals surface area contributed by atoms with Crippen molar-refractivity contribution >= 4 is 22.6 Å². The Morgan fingerprint density at radius 3 is 2.66 bits per heavy atom. The Hall–Kier alpha value is -2.95. The van der Waals surface area contributed by atoms with Crippen LogP contribution < -0.4 is 10.2 Å². The molecule has 0 radical (unpaired) electrons. The summed E-state index contributed by atoms with van der Waals surface area (Å²) < 4.78 is 0. The molecule has 0 unspecified atom stereocenters. The molecule has 5 nitrogen and oxygen atoms in total. The average Bonchev–Trinajstić information content (AvgIpc) is 2.73. The minimum Gasteiger partial charge on any atom is -0.357 e. The lowest BCUT2D eigenvalue weighted by Crippen LogP contribution is -2.33. The highest BCUT2D eigenvalue weighted by Gasteiger charge is 2.17. The first-order chi connectivity index (χ1) is 14.0. The van der Waals surface area contributed by atoms with E-state index in [0.717, 1.165) is 52.5 Å². The highest BCUT2D eigenvalue weighted by molar-refractivity contribution is 5.98. The van der Waals surface area contributed by atoms with Gasteiger partial charge in [0.2, 0.25) is 0 Å². The fraction of sp³-hybridized carbons (Fsp3) is 0.375. The molecule has 0 aliphatic carbocycles. The molecule has 150 valence electrons. The number of anilines is 1. The maximum Gasteiger partial charge on any atom is 0.253 e. The molecule has 0 bridgehead atoms. The Morgan fingerprint density at radius 1 is 1.14 bits per heavy atom. The molecule has 5 heteroatoms. The molecule has 1 saturated heterocycles. The van der Waals surface area contributed by atoms with Gasteiger partial charge in [-0.25, -0.2) is 4.98 Å². The van der Waals surface area contributed by atoms with E-state index in [0.29, 0.717) is 12.1 Å². The minimum absolute atomic E-state index is 0.104. The molecule has 29 heavy (non-hydrogen) atoms. The van der Waals surface area contributed by atoms with Gasteiger partial charge in [-0.15, -0.1) is 0 Å². The third-order valence-corrected chi connectivity index (χ3v) is 5.78. The van der Waals surface area contributed by atoms with Crippen LogP contribution in [-0.4, -0.2) is 29.0 Å². The van der Waals surface area contributed by atoms with Gasteiger partial charge in [0, 0.05) is 31.2 Å². The SMILES string of the molecule is Cc1ccc2nc(C)c(C(=O)NCc3ccc(N4CCC(C)CC4)nc3)cc2c1. The van der Waals surface area contributed by atoms with Gasteiger partial charge < -0.3 is 10.2 Å². The first kappa shape index (κ1) is 19.4. The molecule has 1 N–H and O–H groups in total. The standard InChI is InChI=1S/C24H28N4O/c1-16-8-10-28(11-9-16)23-7-5-19(14-25-23)15-26-24(29)21-13-20-12-17(2)4-6-22(20)27-18(21)3/h4-7,12-14,16H,8-11,15H2,1-3H3,(H,26,29). The van der Waals surface area contributed by atoms with Crippen molar-refractivity contribution in [2.75, 3.05) is 18.0 Å². The number of hydrogen-bond acceptors (Lipinski definition) is 4. The van der Waals surface area contributed by atoms with Crippen molar-refractivity contribution in [3.63, 3.8) is 0 Å². The van der Waals surface area contributed by atoms with Crippen molar-refractivity contribution in [2.45, 2.75) is 40.2 Å². The van der Waals surface area contributed by atoms with Crippen LogP contribution in [0.3, 0.4) is 0 Å². The first-order valence-corrected chi connectivity index (χ1v) is 10.4. The van der Waals surface area contributed by atoms with E-state index in [-0.39, 0.29) is 5.91 Å². The van der Waals surface area contributed by atoms with E-state index in [1.807, 2.05) is 38.2 Å². The van der Waals surface area contributed by atoms with Crippen LogP contribution in [0.5, 0.6) is 0 Å². The maximum absolute atomic E-state index is 12.7. The Kier molecular flexibility index (Phi) is 5.47.